The average molecular weight is 363 g/mol. The highest BCUT2D eigenvalue weighted by Gasteiger charge is 2.44. The molecular weight excluding hydrogens is 341 g/mol. The Labute approximate surface area is 158 Å². The number of aromatic nitrogens is 2. The SMILES string of the molecule is Cc1ccc(C(=O)N(C)C2(C)CC2)c(-c2ccc(F)cc2)c1-c1ncc[nH]1. The molecule has 1 saturated carbocycles. The van der Waals surface area contributed by atoms with E-state index in [9.17, 15) is 9.18 Å². The van der Waals surface area contributed by atoms with Crippen molar-refractivity contribution < 1.29 is 9.18 Å². The highest BCUT2D eigenvalue weighted by atomic mass is 19.1. The Balaban J connectivity index is 1.95. The molecule has 0 unspecified atom stereocenters. The molecule has 1 heterocycles. The molecule has 0 bridgehead atoms. The first-order valence-corrected chi connectivity index (χ1v) is 9.08. The number of H-pyrrole nitrogens is 1. The molecule has 1 fully saturated rings. The highest BCUT2D eigenvalue weighted by Crippen LogP contribution is 2.43. The molecule has 0 radical (unpaired) electrons. The topological polar surface area (TPSA) is 49.0 Å². The Kier molecular flexibility index (Phi) is 4.10. The van der Waals surface area contributed by atoms with Crippen LogP contribution < -0.4 is 0 Å². The number of hydrogen-bond donors (Lipinski definition) is 1. The fraction of sp³-hybridized carbons (Fsp3) is 0.273. The van der Waals surface area contributed by atoms with Gasteiger partial charge in [0.05, 0.1) is 0 Å². The molecule has 1 aliphatic carbocycles. The quantitative estimate of drug-likeness (QED) is 0.723. The van der Waals surface area contributed by atoms with Crippen LogP contribution in [0.3, 0.4) is 0 Å². The number of benzene rings is 2. The first kappa shape index (κ1) is 17.5. The fourth-order valence-electron chi connectivity index (χ4n) is 3.45. The van der Waals surface area contributed by atoms with Crippen LogP contribution >= 0.6 is 0 Å². The summed E-state index contributed by atoms with van der Waals surface area (Å²) in [5.41, 5.74) is 3.98. The second-order valence-electron chi connectivity index (χ2n) is 7.49. The van der Waals surface area contributed by atoms with Gasteiger partial charge in [-0.2, -0.15) is 0 Å². The molecule has 4 rings (SSSR count). The molecule has 5 heteroatoms. The van der Waals surface area contributed by atoms with E-state index >= 15 is 0 Å². The molecule has 1 aliphatic rings. The number of nitrogens with one attached hydrogen (secondary N) is 1. The monoisotopic (exact) mass is 363 g/mol. The molecule has 0 aliphatic heterocycles. The van der Waals surface area contributed by atoms with Crippen molar-refractivity contribution in [3.05, 3.63) is 65.7 Å². The lowest BCUT2D eigenvalue weighted by molar-refractivity contribution is 0.0724. The number of carbonyl (C=O) groups is 1. The summed E-state index contributed by atoms with van der Waals surface area (Å²) in [7, 11) is 1.86. The summed E-state index contributed by atoms with van der Waals surface area (Å²) in [4.78, 5) is 22.7. The van der Waals surface area contributed by atoms with Crippen LogP contribution in [-0.4, -0.2) is 33.4 Å². The average Bonchev–Trinajstić information content (AvgIpc) is 3.19. The minimum absolute atomic E-state index is 0.0258. The Hall–Kier alpha value is -2.95. The van der Waals surface area contributed by atoms with Crippen molar-refractivity contribution in [1.29, 1.82) is 0 Å². The molecular formula is C22H22FN3O. The number of aromatic amines is 1. The number of nitrogens with zero attached hydrogens (tertiary/aromatic N) is 2. The third kappa shape index (κ3) is 3.03. The molecule has 1 aromatic heterocycles. The van der Waals surface area contributed by atoms with Gasteiger partial charge in [-0.1, -0.05) is 18.2 Å². The van der Waals surface area contributed by atoms with Crippen molar-refractivity contribution in [2.45, 2.75) is 32.2 Å². The molecule has 4 nitrogen and oxygen atoms in total. The summed E-state index contributed by atoms with van der Waals surface area (Å²) in [6, 6.07) is 10.1. The second kappa shape index (κ2) is 6.34. The smallest absolute Gasteiger partial charge is 0.254 e. The minimum Gasteiger partial charge on any atom is -0.345 e. The van der Waals surface area contributed by atoms with Crippen LogP contribution in [0.25, 0.3) is 22.5 Å². The number of carbonyl (C=O) groups excluding carboxylic acids is 1. The zero-order valence-electron chi connectivity index (χ0n) is 15.7. The van der Waals surface area contributed by atoms with E-state index in [1.54, 1.807) is 24.5 Å². The number of imidazole rings is 1. The predicted molar refractivity (Wildman–Crippen MR) is 104 cm³/mol. The van der Waals surface area contributed by atoms with Crippen LogP contribution in [0.2, 0.25) is 0 Å². The Morgan fingerprint density at radius 1 is 1.15 bits per heavy atom. The van der Waals surface area contributed by atoms with Crippen LogP contribution in [0.5, 0.6) is 0 Å². The van der Waals surface area contributed by atoms with E-state index in [1.165, 1.54) is 12.1 Å². The van der Waals surface area contributed by atoms with Gasteiger partial charge in [-0.15, -0.1) is 0 Å². The molecule has 138 valence electrons. The molecule has 0 atom stereocenters. The molecule has 1 N–H and O–H groups in total. The summed E-state index contributed by atoms with van der Waals surface area (Å²) in [5.74, 6) is 0.366. The van der Waals surface area contributed by atoms with Gasteiger partial charge in [0.2, 0.25) is 0 Å². The van der Waals surface area contributed by atoms with Gasteiger partial charge >= 0.3 is 0 Å². The largest absolute Gasteiger partial charge is 0.345 e. The van der Waals surface area contributed by atoms with E-state index in [-0.39, 0.29) is 17.3 Å². The second-order valence-corrected chi connectivity index (χ2v) is 7.49. The van der Waals surface area contributed by atoms with E-state index < -0.39 is 0 Å². The number of hydrogen-bond acceptors (Lipinski definition) is 2. The summed E-state index contributed by atoms with van der Waals surface area (Å²) in [5, 5.41) is 0. The van der Waals surface area contributed by atoms with E-state index in [4.69, 9.17) is 0 Å². The molecule has 0 spiro atoms. The lowest BCUT2D eigenvalue weighted by atomic mass is 9.90. The van der Waals surface area contributed by atoms with Crippen LogP contribution in [0.4, 0.5) is 4.39 Å². The Bertz CT molecular complexity index is 989. The van der Waals surface area contributed by atoms with Gasteiger partial charge in [-0.3, -0.25) is 4.79 Å². The van der Waals surface area contributed by atoms with Gasteiger partial charge in [0, 0.05) is 41.7 Å². The molecule has 3 aromatic rings. The van der Waals surface area contributed by atoms with Gasteiger partial charge < -0.3 is 9.88 Å². The lowest BCUT2D eigenvalue weighted by Gasteiger charge is -2.26. The molecule has 1 amide bonds. The maximum absolute atomic E-state index is 13.5. The summed E-state index contributed by atoms with van der Waals surface area (Å²) >= 11 is 0. The summed E-state index contributed by atoms with van der Waals surface area (Å²) < 4.78 is 13.5. The Morgan fingerprint density at radius 2 is 1.85 bits per heavy atom. The van der Waals surface area contributed by atoms with Gasteiger partial charge in [0.25, 0.3) is 5.91 Å². The Morgan fingerprint density at radius 3 is 2.44 bits per heavy atom. The van der Waals surface area contributed by atoms with Gasteiger partial charge in [0.1, 0.15) is 11.6 Å². The third-order valence-corrected chi connectivity index (χ3v) is 5.60. The van der Waals surface area contributed by atoms with Gasteiger partial charge in [-0.25, -0.2) is 9.37 Å². The number of aryl methyl sites for hydroxylation is 1. The van der Waals surface area contributed by atoms with Crippen molar-refractivity contribution >= 4 is 5.91 Å². The highest BCUT2D eigenvalue weighted by molar-refractivity contribution is 6.05. The van der Waals surface area contributed by atoms with Crippen LogP contribution in [-0.2, 0) is 0 Å². The van der Waals surface area contributed by atoms with Gasteiger partial charge in [-0.05, 0) is 56.0 Å². The molecule has 0 saturated heterocycles. The van der Waals surface area contributed by atoms with Gasteiger partial charge in [0.15, 0.2) is 0 Å². The zero-order valence-corrected chi connectivity index (χ0v) is 15.7. The van der Waals surface area contributed by atoms with Crippen molar-refractivity contribution in [2.75, 3.05) is 7.05 Å². The van der Waals surface area contributed by atoms with E-state index in [0.717, 1.165) is 35.1 Å². The summed E-state index contributed by atoms with van der Waals surface area (Å²) in [6.45, 7) is 4.09. The van der Waals surface area contributed by atoms with Crippen molar-refractivity contribution in [2.24, 2.45) is 0 Å². The standard InChI is InChI=1S/C22H22FN3O/c1-14-4-9-17(21(27)26(3)22(2)10-11-22)19(15-5-7-16(23)8-6-15)18(14)20-24-12-13-25-20/h4-9,12-13H,10-11H2,1-3H3,(H,24,25). The van der Waals surface area contributed by atoms with Crippen LogP contribution in [0, 0.1) is 12.7 Å². The van der Waals surface area contributed by atoms with E-state index in [1.807, 2.05) is 31.0 Å². The number of halogens is 1. The first-order valence-electron chi connectivity index (χ1n) is 9.08. The third-order valence-electron chi connectivity index (χ3n) is 5.60. The molecule has 27 heavy (non-hydrogen) atoms. The predicted octanol–water partition coefficient (Wildman–Crippen LogP) is 4.82. The maximum Gasteiger partial charge on any atom is 0.254 e. The van der Waals surface area contributed by atoms with Crippen molar-refractivity contribution in [1.82, 2.24) is 14.9 Å². The maximum atomic E-state index is 13.5. The number of amides is 1. The van der Waals surface area contributed by atoms with Crippen molar-refractivity contribution in [3.8, 4) is 22.5 Å². The van der Waals surface area contributed by atoms with E-state index in [2.05, 4.69) is 16.9 Å². The van der Waals surface area contributed by atoms with Crippen LogP contribution in [0.1, 0.15) is 35.7 Å². The zero-order chi connectivity index (χ0) is 19.2. The minimum atomic E-state index is -0.304. The normalized spacial score (nSPS) is 14.8. The van der Waals surface area contributed by atoms with Crippen LogP contribution in [0.15, 0.2) is 48.8 Å². The molecule has 2 aromatic carbocycles. The number of rotatable bonds is 4. The fourth-order valence-corrected chi connectivity index (χ4v) is 3.45. The van der Waals surface area contributed by atoms with Crippen molar-refractivity contribution in [3.63, 3.8) is 0 Å². The van der Waals surface area contributed by atoms with E-state index in [0.29, 0.717) is 11.4 Å². The lowest BCUT2D eigenvalue weighted by Crippen LogP contribution is -2.37. The first-order chi connectivity index (χ1) is 12.9. The summed E-state index contributed by atoms with van der Waals surface area (Å²) in [6.07, 6.45) is 5.47.